The first-order chi connectivity index (χ1) is 15.0. The molecule has 0 amide bonds. The molecule has 0 bridgehead atoms. The molecule has 0 atom stereocenters. The minimum atomic E-state index is -4.50. The molecule has 2 aromatic carbocycles. The standard InChI is InChI=1S/C22H29F4N2O3P/c23-19-9-6-17(7-10-19)5-2-1-3-13-28-21-11-8-18(15-20(21)22(24,25)26)16-27-12-4-14-32(29,30)31/h6-11,15,27-28H,1-5,12-14,16H2,(H2,29,30,31). The van der Waals surface area contributed by atoms with Crippen molar-refractivity contribution in [1.82, 2.24) is 5.32 Å². The van der Waals surface area contributed by atoms with Gasteiger partial charge in [0.25, 0.3) is 0 Å². The molecule has 0 aliphatic carbocycles. The first kappa shape index (κ1) is 26.3. The molecule has 0 spiro atoms. The minimum absolute atomic E-state index is 0.0290. The van der Waals surface area contributed by atoms with Crippen LogP contribution >= 0.6 is 7.60 Å². The molecule has 0 heterocycles. The number of anilines is 1. The zero-order valence-corrected chi connectivity index (χ0v) is 18.6. The second kappa shape index (κ2) is 12.3. The Hall–Kier alpha value is -1.93. The topological polar surface area (TPSA) is 81.6 Å². The highest BCUT2D eigenvalue weighted by atomic mass is 31.2. The van der Waals surface area contributed by atoms with Crippen molar-refractivity contribution >= 4 is 13.3 Å². The van der Waals surface area contributed by atoms with E-state index in [1.807, 2.05) is 0 Å². The number of aryl methyl sites for hydroxylation is 1. The molecule has 0 aromatic heterocycles. The number of benzene rings is 2. The SMILES string of the molecule is O=P(O)(O)CCCNCc1ccc(NCCCCCc2ccc(F)cc2)c(C(F)(F)F)c1. The van der Waals surface area contributed by atoms with Gasteiger partial charge in [0.15, 0.2) is 0 Å². The van der Waals surface area contributed by atoms with Gasteiger partial charge < -0.3 is 20.4 Å². The Morgan fingerprint density at radius 3 is 2.22 bits per heavy atom. The Morgan fingerprint density at radius 1 is 0.875 bits per heavy atom. The van der Waals surface area contributed by atoms with E-state index in [1.165, 1.54) is 18.2 Å². The zero-order chi connectivity index (χ0) is 23.6. The fourth-order valence-corrected chi connectivity index (χ4v) is 3.81. The number of hydrogen-bond donors (Lipinski definition) is 4. The van der Waals surface area contributed by atoms with Crippen LogP contribution in [0.15, 0.2) is 42.5 Å². The summed E-state index contributed by atoms with van der Waals surface area (Å²) < 4.78 is 64.1. The van der Waals surface area contributed by atoms with E-state index in [-0.39, 0.29) is 30.6 Å². The maximum Gasteiger partial charge on any atom is 0.418 e. The zero-order valence-electron chi connectivity index (χ0n) is 17.7. The van der Waals surface area contributed by atoms with Crippen molar-refractivity contribution in [3.05, 3.63) is 65.0 Å². The summed E-state index contributed by atoms with van der Waals surface area (Å²) in [5, 5.41) is 5.77. The summed E-state index contributed by atoms with van der Waals surface area (Å²) in [6, 6.07) is 10.4. The Kier molecular flexibility index (Phi) is 10.2. The van der Waals surface area contributed by atoms with Crippen LogP contribution in [0.25, 0.3) is 0 Å². The highest BCUT2D eigenvalue weighted by Crippen LogP contribution is 2.36. The fourth-order valence-electron chi connectivity index (χ4n) is 3.24. The summed E-state index contributed by atoms with van der Waals surface area (Å²) in [5.74, 6) is -0.278. The Balaban J connectivity index is 1.78. The van der Waals surface area contributed by atoms with Gasteiger partial charge in [-0.15, -0.1) is 0 Å². The molecule has 0 fully saturated rings. The molecule has 178 valence electrons. The third kappa shape index (κ3) is 10.1. The van der Waals surface area contributed by atoms with Crippen LogP contribution in [0.2, 0.25) is 0 Å². The molecular weight excluding hydrogens is 447 g/mol. The van der Waals surface area contributed by atoms with Gasteiger partial charge in [0.2, 0.25) is 0 Å². The predicted molar refractivity (Wildman–Crippen MR) is 117 cm³/mol. The van der Waals surface area contributed by atoms with Gasteiger partial charge >= 0.3 is 13.8 Å². The van der Waals surface area contributed by atoms with Gasteiger partial charge in [-0.05, 0) is 67.6 Å². The quantitative estimate of drug-likeness (QED) is 0.179. The average Bonchev–Trinajstić information content (AvgIpc) is 2.70. The van der Waals surface area contributed by atoms with Gasteiger partial charge in [0, 0.05) is 18.8 Å². The highest BCUT2D eigenvalue weighted by molar-refractivity contribution is 7.51. The third-order valence-corrected chi connectivity index (χ3v) is 5.79. The van der Waals surface area contributed by atoms with Gasteiger partial charge in [-0.3, -0.25) is 4.57 Å². The summed E-state index contributed by atoms with van der Waals surface area (Å²) in [4.78, 5) is 17.6. The van der Waals surface area contributed by atoms with Crippen molar-refractivity contribution in [2.24, 2.45) is 0 Å². The summed E-state index contributed by atoms with van der Waals surface area (Å²) in [5.41, 5.74) is 0.766. The Labute approximate surface area is 185 Å². The van der Waals surface area contributed by atoms with Crippen LogP contribution in [0.1, 0.15) is 42.4 Å². The molecule has 0 aliphatic rings. The van der Waals surface area contributed by atoms with E-state index in [2.05, 4.69) is 10.6 Å². The molecule has 10 heteroatoms. The third-order valence-electron chi connectivity index (χ3n) is 4.89. The van der Waals surface area contributed by atoms with Gasteiger partial charge in [-0.1, -0.05) is 24.6 Å². The maximum atomic E-state index is 13.5. The Bertz CT molecular complexity index is 886. The van der Waals surface area contributed by atoms with E-state index in [0.717, 1.165) is 30.9 Å². The summed E-state index contributed by atoms with van der Waals surface area (Å²) in [6.45, 7) is 0.880. The number of hydrogen-bond acceptors (Lipinski definition) is 3. The second-order valence-corrected chi connectivity index (χ2v) is 9.44. The largest absolute Gasteiger partial charge is 0.418 e. The van der Waals surface area contributed by atoms with Crippen LogP contribution in [-0.2, 0) is 23.7 Å². The number of alkyl halides is 3. The predicted octanol–water partition coefficient (Wildman–Crippen LogP) is 5.33. The molecule has 2 aromatic rings. The molecule has 4 N–H and O–H groups in total. The summed E-state index contributed by atoms with van der Waals surface area (Å²) >= 11 is 0. The molecule has 5 nitrogen and oxygen atoms in total. The molecule has 0 saturated heterocycles. The van der Waals surface area contributed by atoms with Gasteiger partial charge in [-0.2, -0.15) is 13.2 Å². The molecule has 0 radical (unpaired) electrons. The summed E-state index contributed by atoms with van der Waals surface area (Å²) in [6.07, 6.45) is -1.32. The maximum absolute atomic E-state index is 13.5. The molecular formula is C22H29F4N2O3P. The number of unbranched alkanes of at least 4 members (excludes halogenated alkanes) is 2. The fraction of sp³-hybridized carbons (Fsp3) is 0.455. The first-order valence-corrected chi connectivity index (χ1v) is 12.3. The van der Waals surface area contributed by atoms with E-state index >= 15 is 0 Å². The highest BCUT2D eigenvalue weighted by Gasteiger charge is 2.33. The normalized spacial score (nSPS) is 12.2. The van der Waals surface area contributed by atoms with Gasteiger partial charge in [0.05, 0.1) is 11.7 Å². The van der Waals surface area contributed by atoms with Crippen LogP contribution in [-0.4, -0.2) is 29.0 Å². The van der Waals surface area contributed by atoms with Crippen LogP contribution in [0, 0.1) is 5.82 Å². The minimum Gasteiger partial charge on any atom is -0.385 e. The van der Waals surface area contributed by atoms with Crippen molar-refractivity contribution in [3.63, 3.8) is 0 Å². The van der Waals surface area contributed by atoms with Gasteiger partial charge in [-0.25, -0.2) is 4.39 Å². The average molecular weight is 476 g/mol. The van der Waals surface area contributed by atoms with Crippen molar-refractivity contribution in [3.8, 4) is 0 Å². The molecule has 0 saturated carbocycles. The smallest absolute Gasteiger partial charge is 0.385 e. The lowest BCUT2D eigenvalue weighted by Crippen LogP contribution is -2.17. The molecule has 0 unspecified atom stereocenters. The monoisotopic (exact) mass is 476 g/mol. The van der Waals surface area contributed by atoms with E-state index in [0.29, 0.717) is 25.1 Å². The molecule has 0 aliphatic heterocycles. The lowest BCUT2D eigenvalue weighted by atomic mass is 10.1. The molecule has 2 rings (SSSR count). The summed E-state index contributed by atoms with van der Waals surface area (Å²) in [7, 11) is -4.06. The second-order valence-electron chi connectivity index (χ2n) is 7.66. The lowest BCUT2D eigenvalue weighted by molar-refractivity contribution is -0.137. The van der Waals surface area contributed by atoms with Crippen molar-refractivity contribution in [2.45, 2.75) is 44.8 Å². The van der Waals surface area contributed by atoms with Crippen molar-refractivity contribution in [2.75, 3.05) is 24.6 Å². The van der Waals surface area contributed by atoms with Crippen LogP contribution < -0.4 is 10.6 Å². The number of nitrogens with one attached hydrogen (secondary N) is 2. The van der Waals surface area contributed by atoms with Crippen molar-refractivity contribution < 1.29 is 31.9 Å². The Morgan fingerprint density at radius 2 is 1.56 bits per heavy atom. The van der Waals surface area contributed by atoms with E-state index in [4.69, 9.17) is 9.79 Å². The molecule has 32 heavy (non-hydrogen) atoms. The van der Waals surface area contributed by atoms with Gasteiger partial charge in [0.1, 0.15) is 5.82 Å². The van der Waals surface area contributed by atoms with Crippen LogP contribution in [0.3, 0.4) is 0 Å². The van der Waals surface area contributed by atoms with E-state index in [1.54, 1.807) is 18.2 Å². The van der Waals surface area contributed by atoms with E-state index < -0.39 is 19.3 Å². The first-order valence-electron chi connectivity index (χ1n) is 10.5. The lowest BCUT2D eigenvalue weighted by Gasteiger charge is -2.16. The number of halogens is 4. The number of rotatable bonds is 13. The van der Waals surface area contributed by atoms with Crippen LogP contribution in [0.5, 0.6) is 0 Å². The van der Waals surface area contributed by atoms with Crippen molar-refractivity contribution in [1.29, 1.82) is 0 Å². The van der Waals surface area contributed by atoms with Crippen LogP contribution in [0.4, 0.5) is 23.2 Å². The van der Waals surface area contributed by atoms with E-state index in [9.17, 15) is 22.1 Å².